The molecule has 2 N–H and O–H groups in total. The maximum atomic E-state index is 8.70. The second kappa shape index (κ2) is 7.92. The summed E-state index contributed by atoms with van der Waals surface area (Å²) < 4.78 is 2.22. The minimum Gasteiger partial charge on any atom is -0.300 e. The van der Waals surface area contributed by atoms with E-state index in [0.717, 1.165) is 27.9 Å². The van der Waals surface area contributed by atoms with E-state index >= 15 is 0 Å². The van der Waals surface area contributed by atoms with E-state index in [4.69, 9.17) is 5.41 Å². The van der Waals surface area contributed by atoms with Gasteiger partial charge in [0.2, 0.25) is 0 Å². The Morgan fingerprint density at radius 3 is 2.00 bits per heavy atom. The molecule has 0 aliphatic heterocycles. The molecule has 0 bridgehead atoms. The zero-order valence-electron chi connectivity index (χ0n) is 20.6. The summed E-state index contributed by atoms with van der Waals surface area (Å²) in [7, 11) is 0. The number of hydrogen-bond acceptors (Lipinski definition) is 2. The first-order valence-corrected chi connectivity index (χ1v) is 12.9. The zero-order chi connectivity index (χ0) is 25.2. The molecule has 2 aliphatic rings. The molecule has 3 nitrogen and oxygen atoms in total. The van der Waals surface area contributed by atoms with Crippen molar-refractivity contribution in [1.29, 1.82) is 5.41 Å². The van der Waals surface area contributed by atoms with Crippen molar-refractivity contribution in [3.63, 3.8) is 0 Å². The lowest BCUT2D eigenvalue weighted by molar-refractivity contribution is 1.06. The lowest BCUT2D eigenvalue weighted by Crippen LogP contribution is -2.17. The molecule has 0 atom stereocenters. The molecule has 178 valence electrons. The number of nitrogens with zero attached hydrogens (tertiary/aromatic N) is 1. The van der Waals surface area contributed by atoms with E-state index in [1.165, 1.54) is 43.8 Å². The van der Waals surface area contributed by atoms with Crippen molar-refractivity contribution in [2.24, 2.45) is 0 Å². The van der Waals surface area contributed by atoms with E-state index in [1.54, 1.807) is 0 Å². The van der Waals surface area contributed by atoms with Crippen LogP contribution in [0.25, 0.3) is 60.5 Å². The summed E-state index contributed by atoms with van der Waals surface area (Å²) in [6, 6.07) is 36.7. The monoisotopic (exact) mass is 485 g/mol. The first-order valence-electron chi connectivity index (χ1n) is 12.9. The molecule has 0 saturated carbocycles. The zero-order valence-corrected chi connectivity index (χ0v) is 20.6. The number of rotatable bonds is 3. The van der Waals surface area contributed by atoms with Crippen LogP contribution in [0.5, 0.6) is 0 Å². The normalized spacial score (nSPS) is 15.0. The Labute approximate surface area is 220 Å². The fourth-order valence-electron chi connectivity index (χ4n) is 6.15. The summed E-state index contributed by atoms with van der Waals surface area (Å²) in [5.41, 5.74) is 14.4. The summed E-state index contributed by atoms with van der Waals surface area (Å²) in [5, 5.41) is 13.7. The minimum absolute atomic E-state index is 0.489. The van der Waals surface area contributed by atoms with Crippen molar-refractivity contribution < 1.29 is 0 Å². The molecule has 0 radical (unpaired) electrons. The molecule has 0 saturated heterocycles. The largest absolute Gasteiger partial charge is 0.300 e. The first kappa shape index (κ1) is 21.0. The molecule has 38 heavy (non-hydrogen) atoms. The van der Waals surface area contributed by atoms with E-state index in [2.05, 4.69) is 95.0 Å². The van der Waals surface area contributed by atoms with E-state index in [9.17, 15) is 0 Å². The second-order valence-electron chi connectivity index (χ2n) is 9.84. The Hall–Kier alpha value is -5.15. The number of allylic oxidation sites excluding steroid dienone is 5. The Morgan fingerprint density at radius 1 is 0.553 bits per heavy atom. The summed E-state index contributed by atoms with van der Waals surface area (Å²) in [4.78, 5) is 0. The van der Waals surface area contributed by atoms with Crippen LogP contribution in [0.4, 0.5) is 0 Å². The highest BCUT2D eigenvalue weighted by Gasteiger charge is 2.24. The van der Waals surface area contributed by atoms with Crippen LogP contribution >= 0.6 is 0 Å². The van der Waals surface area contributed by atoms with Crippen LogP contribution in [-0.2, 0) is 0 Å². The number of nitrogens with one attached hydrogen (secondary N) is 2. The van der Waals surface area contributed by atoms with Gasteiger partial charge in [-0.05, 0) is 51.2 Å². The van der Waals surface area contributed by atoms with E-state index in [-0.39, 0.29) is 0 Å². The molecule has 6 aromatic rings. The molecule has 1 aromatic heterocycles. The van der Waals surface area contributed by atoms with Crippen molar-refractivity contribution in [3.8, 4) is 22.3 Å². The Kier molecular flexibility index (Phi) is 4.38. The average Bonchev–Trinajstić information content (AvgIpc) is 3.23. The lowest BCUT2D eigenvalue weighted by Gasteiger charge is -2.20. The number of hydrogen-bond donors (Lipinski definition) is 2. The van der Waals surface area contributed by atoms with Gasteiger partial charge in [-0.1, -0.05) is 109 Å². The fourth-order valence-corrected chi connectivity index (χ4v) is 6.15. The van der Waals surface area contributed by atoms with Gasteiger partial charge in [0.1, 0.15) is 0 Å². The SMILES string of the molecule is N=C1C=CC=C/C1=C(/Nn1c2cccc3c2c2c4c(cccc4ccc21)-c1ccccc1-3)c1ccccc1. The molecule has 0 spiro atoms. The van der Waals surface area contributed by atoms with E-state index < -0.39 is 0 Å². The average molecular weight is 486 g/mol. The van der Waals surface area contributed by atoms with Gasteiger partial charge in [0.05, 0.1) is 22.4 Å². The predicted octanol–water partition coefficient (Wildman–Crippen LogP) is 8.70. The highest BCUT2D eigenvalue weighted by Crippen LogP contribution is 2.48. The quantitative estimate of drug-likeness (QED) is 0.258. The van der Waals surface area contributed by atoms with Gasteiger partial charge in [-0.15, -0.1) is 0 Å². The van der Waals surface area contributed by atoms with Gasteiger partial charge in [-0.2, -0.15) is 0 Å². The maximum absolute atomic E-state index is 8.70. The lowest BCUT2D eigenvalue weighted by atomic mass is 9.93. The number of fused-ring (bicyclic) bond motifs is 3. The predicted molar refractivity (Wildman–Crippen MR) is 160 cm³/mol. The summed E-state index contributed by atoms with van der Waals surface area (Å²) in [6.07, 6.45) is 7.78. The molecule has 2 aliphatic carbocycles. The second-order valence-corrected chi connectivity index (χ2v) is 9.84. The molecule has 0 fully saturated rings. The number of aromatic nitrogens is 1. The van der Waals surface area contributed by atoms with Crippen LogP contribution in [-0.4, -0.2) is 10.4 Å². The van der Waals surface area contributed by atoms with Gasteiger partial charge in [0, 0.05) is 21.9 Å². The van der Waals surface area contributed by atoms with Crippen LogP contribution in [0, 0.1) is 5.41 Å². The number of benzene rings is 5. The van der Waals surface area contributed by atoms with Crippen LogP contribution in [0.15, 0.2) is 133 Å². The maximum Gasteiger partial charge on any atom is 0.0716 e. The van der Waals surface area contributed by atoms with Crippen molar-refractivity contribution in [2.45, 2.75) is 0 Å². The third kappa shape index (κ3) is 2.87. The van der Waals surface area contributed by atoms with Gasteiger partial charge < -0.3 is 5.41 Å². The van der Waals surface area contributed by atoms with Gasteiger partial charge in [0.25, 0.3) is 0 Å². The summed E-state index contributed by atoms with van der Waals surface area (Å²) >= 11 is 0. The molecule has 1 heterocycles. The van der Waals surface area contributed by atoms with Gasteiger partial charge in [0.15, 0.2) is 0 Å². The van der Waals surface area contributed by atoms with Crippen LogP contribution in [0.3, 0.4) is 0 Å². The first-order chi connectivity index (χ1) is 18.8. The summed E-state index contributed by atoms with van der Waals surface area (Å²) in [5.74, 6) is 0. The molecule has 8 rings (SSSR count). The molecule has 3 heteroatoms. The van der Waals surface area contributed by atoms with Crippen LogP contribution < -0.4 is 5.43 Å². The molecular formula is C35H23N3. The topological polar surface area (TPSA) is 40.8 Å². The molecule has 0 amide bonds. The highest BCUT2D eigenvalue weighted by atomic mass is 15.4. The van der Waals surface area contributed by atoms with Crippen LogP contribution in [0.1, 0.15) is 5.56 Å². The van der Waals surface area contributed by atoms with Crippen molar-refractivity contribution in [1.82, 2.24) is 4.68 Å². The fraction of sp³-hybridized carbons (Fsp3) is 0. The summed E-state index contributed by atoms with van der Waals surface area (Å²) in [6.45, 7) is 0. The van der Waals surface area contributed by atoms with Crippen molar-refractivity contribution in [2.75, 3.05) is 5.43 Å². The van der Waals surface area contributed by atoms with E-state index in [0.29, 0.717) is 5.71 Å². The Balaban J connectivity index is 1.50. The van der Waals surface area contributed by atoms with Crippen molar-refractivity contribution >= 4 is 44.0 Å². The Morgan fingerprint density at radius 2 is 1.21 bits per heavy atom. The molecular weight excluding hydrogens is 462 g/mol. The van der Waals surface area contributed by atoms with Crippen LogP contribution in [0.2, 0.25) is 0 Å². The van der Waals surface area contributed by atoms with Crippen molar-refractivity contribution in [3.05, 3.63) is 139 Å². The molecule has 0 unspecified atom stereocenters. The standard InChI is InChI=1S/C35H23N3/c36-29-18-7-6-15-28(29)35(23-10-2-1-3-11-23)37-38-30-19-9-17-27-25-14-5-4-13-24(25)26-16-8-12-22-20-21-31(38)34(32(22)26)33(27)30/h1-21,36-37H/b35-28-,36-29?. The third-order valence-corrected chi connectivity index (χ3v) is 7.79. The smallest absolute Gasteiger partial charge is 0.0716 e. The highest BCUT2D eigenvalue weighted by molar-refractivity contribution is 6.30. The van der Waals surface area contributed by atoms with Gasteiger partial charge in [-0.25, -0.2) is 0 Å². The Bertz CT molecular complexity index is 2050. The van der Waals surface area contributed by atoms with Gasteiger partial charge >= 0.3 is 0 Å². The molecule has 5 aromatic carbocycles. The van der Waals surface area contributed by atoms with Gasteiger partial charge in [-0.3, -0.25) is 10.1 Å². The third-order valence-electron chi connectivity index (χ3n) is 7.79. The minimum atomic E-state index is 0.489. The van der Waals surface area contributed by atoms with E-state index in [1.807, 2.05) is 42.5 Å².